The molecule has 0 unspecified atom stereocenters. The molecule has 0 heterocycles. The van der Waals surface area contributed by atoms with Gasteiger partial charge in [0.1, 0.15) is 0 Å². The van der Waals surface area contributed by atoms with E-state index in [9.17, 15) is 0 Å². The molecule has 0 bridgehead atoms. The Labute approximate surface area is 256 Å². The van der Waals surface area contributed by atoms with Gasteiger partial charge in [-0.3, -0.25) is 4.99 Å². The number of rotatable bonds is 11. The van der Waals surface area contributed by atoms with Crippen molar-refractivity contribution in [1.82, 2.24) is 0 Å². The van der Waals surface area contributed by atoms with Crippen molar-refractivity contribution in [3.05, 3.63) is 162 Å². The summed E-state index contributed by atoms with van der Waals surface area (Å²) in [4.78, 5) is 6.64. The number of hydrogen-bond donors (Lipinski definition) is 1. The summed E-state index contributed by atoms with van der Waals surface area (Å²) < 4.78 is 0. The van der Waals surface area contributed by atoms with Gasteiger partial charge in [-0.05, 0) is 114 Å². The van der Waals surface area contributed by atoms with Crippen molar-refractivity contribution >= 4 is 35.0 Å². The first-order valence-electron chi connectivity index (χ1n) is 14.6. The Morgan fingerprint density at radius 2 is 1.42 bits per heavy atom. The number of para-hydroxylation sites is 3. The third-order valence-corrected chi connectivity index (χ3v) is 7.90. The van der Waals surface area contributed by atoms with Crippen molar-refractivity contribution in [1.29, 1.82) is 0 Å². The van der Waals surface area contributed by atoms with E-state index in [-0.39, 0.29) is 0 Å². The SMILES string of the molecule is C=Nc1ccccc1N(Cc1cc(-c2ccccc2)ccc1C)C(=C)c1cc(CNc2ccccc2C)cc(C(=C)C)c1. The topological polar surface area (TPSA) is 27.6 Å². The molecular weight excluding hydrogens is 522 g/mol. The summed E-state index contributed by atoms with van der Waals surface area (Å²) in [6, 6.07) is 40.3. The minimum atomic E-state index is 0.631. The highest BCUT2D eigenvalue weighted by atomic mass is 15.2. The van der Waals surface area contributed by atoms with Gasteiger partial charge in [0.05, 0.1) is 11.4 Å². The van der Waals surface area contributed by atoms with Gasteiger partial charge in [-0.15, -0.1) is 0 Å². The Bertz CT molecular complexity index is 1780. The summed E-state index contributed by atoms with van der Waals surface area (Å²) in [5.74, 6) is 0. The number of hydrogen-bond acceptors (Lipinski definition) is 3. The fourth-order valence-corrected chi connectivity index (χ4v) is 5.31. The average molecular weight is 562 g/mol. The lowest BCUT2D eigenvalue weighted by Crippen LogP contribution is -2.21. The van der Waals surface area contributed by atoms with Crippen molar-refractivity contribution in [3.8, 4) is 11.1 Å². The van der Waals surface area contributed by atoms with Gasteiger partial charge >= 0.3 is 0 Å². The van der Waals surface area contributed by atoms with E-state index < -0.39 is 0 Å². The molecule has 5 aromatic rings. The van der Waals surface area contributed by atoms with Crippen LogP contribution in [-0.2, 0) is 13.1 Å². The molecule has 0 fully saturated rings. The second kappa shape index (κ2) is 13.2. The lowest BCUT2D eigenvalue weighted by molar-refractivity contribution is 0.971. The van der Waals surface area contributed by atoms with Crippen LogP contribution in [0.5, 0.6) is 0 Å². The van der Waals surface area contributed by atoms with E-state index in [2.05, 4.69) is 140 Å². The molecule has 3 nitrogen and oxygen atoms in total. The van der Waals surface area contributed by atoms with E-state index in [4.69, 9.17) is 0 Å². The normalized spacial score (nSPS) is 10.7. The van der Waals surface area contributed by atoms with E-state index in [1.54, 1.807) is 0 Å². The Morgan fingerprint density at radius 1 is 0.721 bits per heavy atom. The molecule has 0 amide bonds. The van der Waals surface area contributed by atoms with Crippen molar-refractivity contribution < 1.29 is 0 Å². The molecule has 43 heavy (non-hydrogen) atoms. The molecule has 5 aromatic carbocycles. The van der Waals surface area contributed by atoms with Crippen molar-refractivity contribution in [2.75, 3.05) is 10.2 Å². The number of nitrogens with zero attached hydrogens (tertiary/aromatic N) is 2. The van der Waals surface area contributed by atoms with Crippen molar-refractivity contribution in [3.63, 3.8) is 0 Å². The minimum Gasteiger partial charge on any atom is -0.381 e. The molecule has 214 valence electrons. The lowest BCUT2D eigenvalue weighted by atomic mass is 9.97. The first kappa shape index (κ1) is 29.3. The summed E-state index contributed by atoms with van der Waals surface area (Å²) in [7, 11) is 0. The highest BCUT2D eigenvalue weighted by Gasteiger charge is 2.19. The van der Waals surface area contributed by atoms with Crippen LogP contribution in [0.15, 0.2) is 133 Å². The average Bonchev–Trinajstić information content (AvgIpc) is 3.04. The third-order valence-electron chi connectivity index (χ3n) is 7.90. The van der Waals surface area contributed by atoms with E-state index in [1.165, 1.54) is 27.8 Å². The molecule has 1 N–H and O–H groups in total. The smallest absolute Gasteiger partial charge is 0.0859 e. The van der Waals surface area contributed by atoms with E-state index in [1.807, 2.05) is 31.2 Å². The molecule has 0 atom stereocenters. The van der Waals surface area contributed by atoms with Gasteiger partial charge < -0.3 is 10.2 Å². The van der Waals surface area contributed by atoms with Gasteiger partial charge in [-0.2, -0.15) is 0 Å². The zero-order valence-corrected chi connectivity index (χ0v) is 25.4. The summed E-state index contributed by atoms with van der Waals surface area (Å²) in [6.07, 6.45) is 0. The molecule has 0 saturated carbocycles. The first-order valence-corrected chi connectivity index (χ1v) is 14.6. The van der Waals surface area contributed by atoms with E-state index in [0.717, 1.165) is 45.0 Å². The van der Waals surface area contributed by atoms with E-state index in [0.29, 0.717) is 13.1 Å². The maximum absolute atomic E-state index is 4.67. The van der Waals surface area contributed by atoms with Crippen LogP contribution in [-0.4, -0.2) is 6.72 Å². The molecule has 5 rings (SSSR count). The number of aliphatic imine (C=N–C) groups is 1. The first-order chi connectivity index (χ1) is 20.8. The molecular formula is C40H39N3. The molecule has 0 aliphatic rings. The maximum Gasteiger partial charge on any atom is 0.0859 e. The van der Waals surface area contributed by atoms with Gasteiger partial charge in [0.15, 0.2) is 0 Å². The predicted molar refractivity (Wildman–Crippen MR) is 187 cm³/mol. The summed E-state index contributed by atoms with van der Waals surface area (Å²) in [6.45, 7) is 20.5. The summed E-state index contributed by atoms with van der Waals surface area (Å²) in [5, 5.41) is 3.61. The van der Waals surface area contributed by atoms with Crippen LogP contribution in [0.4, 0.5) is 17.1 Å². The number of aryl methyl sites for hydroxylation is 2. The summed E-state index contributed by atoms with van der Waals surface area (Å²) in [5.41, 5.74) is 14.2. The zero-order chi connectivity index (χ0) is 30.3. The molecule has 0 radical (unpaired) electrons. The van der Waals surface area contributed by atoms with Gasteiger partial charge in [0.2, 0.25) is 0 Å². The highest BCUT2D eigenvalue weighted by Crippen LogP contribution is 2.36. The monoisotopic (exact) mass is 561 g/mol. The fourth-order valence-electron chi connectivity index (χ4n) is 5.31. The van der Waals surface area contributed by atoms with Crippen LogP contribution in [0.1, 0.15) is 40.3 Å². The Morgan fingerprint density at radius 3 is 2.16 bits per heavy atom. The van der Waals surface area contributed by atoms with Crippen LogP contribution in [0.25, 0.3) is 22.4 Å². The number of benzene rings is 5. The largest absolute Gasteiger partial charge is 0.381 e. The van der Waals surface area contributed by atoms with Gasteiger partial charge in [-0.25, -0.2) is 0 Å². The van der Waals surface area contributed by atoms with Crippen LogP contribution >= 0.6 is 0 Å². The predicted octanol–water partition coefficient (Wildman–Crippen LogP) is 10.6. The quantitative estimate of drug-likeness (QED) is 0.162. The van der Waals surface area contributed by atoms with Crippen LogP contribution in [0.3, 0.4) is 0 Å². The third kappa shape index (κ3) is 6.85. The highest BCUT2D eigenvalue weighted by molar-refractivity contribution is 5.85. The summed E-state index contributed by atoms with van der Waals surface area (Å²) >= 11 is 0. The molecule has 0 aromatic heterocycles. The standard InChI is InChI=1S/C40H39N3/c1-28(2)35-22-32(26-42-38-17-11-10-14-30(38)4)23-36(25-35)31(5)43(40-19-13-12-18-39(40)41-6)27-37-24-34(21-20-29(37)3)33-15-8-7-9-16-33/h7-25,42H,1,5-6,26-27H2,2-4H3. The number of anilines is 2. The lowest BCUT2D eigenvalue weighted by Gasteiger charge is -2.30. The van der Waals surface area contributed by atoms with Gasteiger partial charge in [-0.1, -0.05) is 91.5 Å². The Kier molecular flexibility index (Phi) is 9.02. The second-order valence-electron chi connectivity index (χ2n) is 11.1. The second-order valence-corrected chi connectivity index (χ2v) is 11.1. The molecule has 0 saturated heterocycles. The molecule has 0 aliphatic heterocycles. The van der Waals surface area contributed by atoms with Crippen LogP contribution in [0.2, 0.25) is 0 Å². The number of allylic oxidation sites excluding steroid dienone is 1. The number of nitrogens with one attached hydrogen (secondary N) is 1. The van der Waals surface area contributed by atoms with Crippen molar-refractivity contribution in [2.45, 2.75) is 33.9 Å². The molecule has 3 heteroatoms. The van der Waals surface area contributed by atoms with Crippen LogP contribution < -0.4 is 10.2 Å². The molecule has 0 aliphatic carbocycles. The minimum absolute atomic E-state index is 0.631. The van der Waals surface area contributed by atoms with Crippen LogP contribution in [0, 0.1) is 13.8 Å². The van der Waals surface area contributed by atoms with Gasteiger partial charge in [0.25, 0.3) is 0 Å². The van der Waals surface area contributed by atoms with Gasteiger partial charge in [0, 0.05) is 24.5 Å². The maximum atomic E-state index is 4.67. The Balaban J connectivity index is 1.56. The molecule has 0 spiro atoms. The Hall–Kier alpha value is -5.15. The fraction of sp³-hybridized carbons (Fsp3) is 0.125. The van der Waals surface area contributed by atoms with Crippen molar-refractivity contribution in [2.24, 2.45) is 4.99 Å². The zero-order valence-electron chi connectivity index (χ0n) is 25.4. The van der Waals surface area contributed by atoms with E-state index >= 15 is 0 Å².